The average Bonchev–Trinajstić information content (AvgIpc) is 2.81. The highest BCUT2D eigenvalue weighted by Crippen LogP contribution is 2.31. The number of rotatable bonds is 8. The first-order valence-electron chi connectivity index (χ1n) is 10.9. The van der Waals surface area contributed by atoms with Crippen molar-refractivity contribution in [1.29, 1.82) is 0 Å². The van der Waals surface area contributed by atoms with Gasteiger partial charge in [-0.1, -0.05) is 42.5 Å². The standard InChI is InChI=1S/C25H27F3N2O2/c26-25(27,28)21-7-4-8-22(19-21)30-13-11-29(12-14-30)15-16-31-17-18-32-24-10-3-6-20-5-1-2-9-23(20)24/h1-10,19H,11-18H2/p+1. The molecule has 0 aromatic heterocycles. The second kappa shape index (κ2) is 10.2. The minimum absolute atomic E-state index is 0.493. The predicted molar refractivity (Wildman–Crippen MR) is 119 cm³/mol. The molecule has 7 heteroatoms. The van der Waals surface area contributed by atoms with Crippen molar-refractivity contribution in [2.75, 3.05) is 57.4 Å². The Morgan fingerprint density at radius 2 is 1.59 bits per heavy atom. The summed E-state index contributed by atoms with van der Waals surface area (Å²) in [4.78, 5) is 3.43. The van der Waals surface area contributed by atoms with Gasteiger partial charge in [0.2, 0.25) is 0 Å². The number of halogens is 3. The summed E-state index contributed by atoms with van der Waals surface area (Å²) in [5, 5.41) is 2.25. The van der Waals surface area contributed by atoms with E-state index in [1.165, 1.54) is 17.0 Å². The SMILES string of the molecule is FC(F)(F)c1cccc(N2CC[NH+](CCOCCOc3cccc4ccccc34)CC2)c1. The maximum atomic E-state index is 12.9. The summed E-state index contributed by atoms with van der Waals surface area (Å²) < 4.78 is 50.5. The number of alkyl halides is 3. The molecule has 170 valence electrons. The topological polar surface area (TPSA) is 26.1 Å². The van der Waals surface area contributed by atoms with Crippen LogP contribution in [-0.2, 0) is 10.9 Å². The van der Waals surface area contributed by atoms with Crippen LogP contribution in [0.15, 0.2) is 66.7 Å². The molecule has 4 rings (SSSR count). The lowest BCUT2D eigenvalue weighted by molar-refractivity contribution is -0.901. The summed E-state index contributed by atoms with van der Waals surface area (Å²) in [7, 11) is 0. The molecule has 3 aromatic rings. The Hall–Kier alpha value is -2.77. The summed E-state index contributed by atoms with van der Waals surface area (Å²) in [5.41, 5.74) is 0.0459. The highest BCUT2D eigenvalue weighted by Gasteiger charge is 2.31. The third kappa shape index (κ3) is 5.72. The molecule has 1 aliphatic rings. The van der Waals surface area contributed by atoms with Crippen LogP contribution in [0.2, 0.25) is 0 Å². The van der Waals surface area contributed by atoms with Gasteiger partial charge in [-0.05, 0) is 29.7 Å². The Morgan fingerprint density at radius 3 is 2.41 bits per heavy atom. The van der Waals surface area contributed by atoms with Crippen LogP contribution < -0.4 is 14.5 Å². The van der Waals surface area contributed by atoms with Crippen LogP contribution in [0.5, 0.6) is 5.75 Å². The van der Waals surface area contributed by atoms with Crippen molar-refractivity contribution in [3.8, 4) is 5.75 Å². The van der Waals surface area contributed by atoms with Gasteiger partial charge in [0, 0.05) is 11.1 Å². The number of nitrogens with one attached hydrogen (secondary N) is 1. The van der Waals surface area contributed by atoms with E-state index in [0.717, 1.165) is 55.3 Å². The molecular formula is C25H28F3N2O2+. The van der Waals surface area contributed by atoms with Gasteiger partial charge in [0.25, 0.3) is 0 Å². The molecule has 0 aliphatic carbocycles. The van der Waals surface area contributed by atoms with Gasteiger partial charge in [-0.25, -0.2) is 0 Å². The Kier molecular flexibility index (Phi) is 7.17. The van der Waals surface area contributed by atoms with E-state index >= 15 is 0 Å². The van der Waals surface area contributed by atoms with Gasteiger partial charge in [-0.2, -0.15) is 13.2 Å². The van der Waals surface area contributed by atoms with E-state index in [-0.39, 0.29) is 0 Å². The predicted octanol–water partition coefficient (Wildman–Crippen LogP) is 3.66. The van der Waals surface area contributed by atoms with Crippen LogP contribution in [0.4, 0.5) is 18.9 Å². The van der Waals surface area contributed by atoms with Gasteiger partial charge < -0.3 is 19.3 Å². The number of anilines is 1. The fourth-order valence-electron chi connectivity index (χ4n) is 4.06. The fraction of sp³-hybridized carbons (Fsp3) is 0.360. The highest BCUT2D eigenvalue weighted by molar-refractivity contribution is 5.88. The Balaban J connectivity index is 1.15. The molecule has 3 aromatic carbocycles. The summed E-state index contributed by atoms with van der Waals surface area (Å²) in [6, 6.07) is 19.7. The van der Waals surface area contributed by atoms with Crippen LogP contribution in [-0.4, -0.2) is 52.5 Å². The molecule has 32 heavy (non-hydrogen) atoms. The number of fused-ring (bicyclic) bond motifs is 1. The van der Waals surface area contributed by atoms with Crippen molar-refractivity contribution in [1.82, 2.24) is 0 Å². The summed E-state index contributed by atoms with van der Waals surface area (Å²) in [6.07, 6.45) is -4.31. The summed E-state index contributed by atoms with van der Waals surface area (Å²) >= 11 is 0. The molecule has 1 saturated heterocycles. The van der Waals surface area contributed by atoms with Crippen LogP contribution in [0.25, 0.3) is 10.8 Å². The maximum absolute atomic E-state index is 12.9. The molecular weight excluding hydrogens is 417 g/mol. The van der Waals surface area contributed by atoms with E-state index in [0.29, 0.717) is 25.5 Å². The average molecular weight is 446 g/mol. The van der Waals surface area contributed by atoms with Crippen LogP contribution in [0.3, 0.4) is 0 Å². The van der Waals surface area contributed by atoms with Gasteiger partial charge in [0.05, 0.1) is 45.0 Å². The van der Waals surface area contributed by atoms with E-state index < -0.39 is 11.7 Å². The molecule has 1 fully saturated rings. The lowest BCUT2D eigenvalue weighted by atomic mass is 10.1. The van der Waals surface area contributed by atoms with Crippen molar-refractivity contribution in [2.24, 2.45) is 0 Å². The molecule has 4 nitrogen and oxygen atoms in total. The molecule has 0 bridgehead atoms. The molecule has 0 unspecified atom stereocenters. The zero-order valence-corrected chi connectivity index (χ0v) is 17.9. The van der Waals surface area contributed by atoms with Crippen LogP contribution >= 0.6 is 0 Å². The third-order valence-corrected chi connectivity index (χ3v) is 5.84. The second-order valence-corrected chi connectivity index (χ2v) is 7.97. The first-order chi connectivity index (χ1) is 15.5. The number of ether oxygens (including phenoxy) is 2. The zero-order chi connectivity index (χ0) is 22.4. The number of quaternary nitrogens is 1. The van der Waals surface area contributed by atoms with E-state index in [4.69, 9.17) is 9.47 Å². The molecule has 0 atom stereocenters. The molecule has 0 radical (unpaired) electrons. The van der Waals surface area contributed by atoms with Gasteiger partial charge in [0.1, 0.15) is 18.9 Å². The first-order valence-corrected chi connectivity index (χ1v) is 10.9. The van der Waals surface area contributed by atoms with Crippen LogP contribution in [0.1, 0.15) is 5.56 Å². The minimum Gasteiger partial charge on any atom is -0.491 e. The van der Waals surface area contributed by atoms with Crippen molar-refractivity contribution < 1.29 is 27.5 Å². The normalized spacial score (nSPS) is 15.3. The molecule has 0 spiro atoms. The van der Waals surface area contributed by atoms with Crippen molar-refractivity contribution in [3.05, 3.63) is 72.3 Å². The minimum atomic E-state index is -4.31. The number of benzene rings is 3. The third-order valence-electron chi connectivity index (χ3n) is 5.84. The largest absolute Gasteiger partial charge is 0.491 e. The first kappa shape index (κ1) is 22.4. The molecule has 0 amide bonds. The van der Waals surface area contributed by atoms with E-state index in [1.54, 1.807) is 6.07 Å². The summed E-state index contributed by atoms with van der Waals surface area (Å²) in [6.45, 7) is 5.77. The van der Waals surface area contributed by atoms with Crippen molar-refractivity contribution in [2.45, 2.75) is 6.18 Å². The molecule has 0 saturated carbocycles. The molecule has 1 heterocycles. The smallest absolute Gasteiger partial charge is 0.416 e. The second-order valence-electron chi connectivity index (χ2n) is 7.97. The lowest BCUT2D eigenvalue weighted by Gasteiger charge is -2.33. The Labute approximate surface area is 186 Å². The van der Waals surface area contributed by atoms with Gasteiger partial charge >= 0.3 is 6.18 Å². The summed E-state index contributed by atoms with van der Waals surface area (Å²) in [5.74, 6) is 0.864. The van der Waals surface area contributed by atoms with E-state index in [9.17, 15) is 13.2 Å². The van der Waals surface area contributed by atoms with Crippen molar-refractivity contribution in [3.63, 3.8) is 0 Å². The lowest BCUT2D eigenvalue weighted by Crippen LogP contribution is -3.15. The van der Waals surface area contributed by atoms with Crippen LogP contribution in [0, 0.1) is 0 Å². The molecule has 1 N–H and O–H groups in total. The number of piperazine rings is 1. The van der Waals surface area contributed by atoms with Gasteiger partial charge in [0.15, 0.2) is 0 Å². The fourth-order valence-corrected chi connectivity index (χ4v) is 4.06. The van der Waals surface area contributed by atoms with Gasteiger partial charge in [-0.3, -0.25) is 0 Å². The number of nitrogens with zero attached hydrogens (tertiary/aromatic N) is 1. The Morgan fingerprint density at radius 1 is 0.844 bits per heavy atom. The number of hydrogen-bond donors (Lipinski definition) is 1. The number of hydrogen-bond acceptors (Lipinski definition) is 3. The Bertz CT molecular complexity index is 1010. The maximum Gasteiger partial charge on any atom is 0.416 e. The van der Waals surface area contributed by atoms with E-state index in [1.807, 2.05) is 35.2 Å². The van der Waals surface area contributed by atoms with E-state index in [2.05, 4.69) is 12.1 Å². The monoisotopic (exact) mass is 445 g/mol. The zero-order valence-electron chi connectivity index (χ0n) is 17.9. The van der Waals surface area contributed by atoms with Crippen molar-refractivity contribution >= 4 is 16.5 Å². The molecule has 1 aliphatic heterocycles. The quantitative estimate of drug-likeness (QED) is 0.536. The highest BCUT2D eigenvalue weighted by atomic mass is 19.4. The van der Waals surface area contributed by atoms with Gasteiger partial charge in [-0.15, -0.1) is 0 Å².